The number of carbonyl (C=O) groups excluding carboxylic acids is 2. The van der Waals surface area contributed by atoms with Gasteiger partial charge < -0.3 is 19.9 Å². The molecule has 3 heterocycles. The van der Waals surface area contributed by atoms with Gasteiger partial charge in [-0.2, -0.15) is 0 Å². The number of aromatic nitrogens is 2. The lowest BCUT2D eigenvalue weighted by Gasteiger charge is -2.31. The van der Waals surface area contributed by atoms with Crippen LogP contribution >= 0.6 is 0 Å². The maximum absolute atomic E-state index is 12.4. The molecule has 0 aliphatic carbocycles. The topological polar surface area (TPSA) is 87.7 Å². The molecular weight excluding hydrogens is 334 g/mol. The number of ether oxygens (including phenoxy) is 1. The predicted molar refractivity (Wildman–Crippen MR) is 97.2 cm³/mol. The Labute approximate surface area is 153 Å². The zero-order valence-electron chi connectivity index (χ0n) is 15.3. The summed E-state index contributed by atoms with van der Waals surface area (Å²) in [6.45, 7) is 5.34. The average molecular weight is 361 g/mol. The van der Waals surface area contributed by atoms with Gasteiger partial charge in [-0.3, -0.25) is 4.79 Å². The fourth-order valence-electron chi connectivity index (χ4n) is 3.42. The Kier molecular flexibility index (Phi) is 6.25. The van der Waals surface area contributed by atoms with Gasteiger partial charge in [-0.25, -0.2) is 4.79 Å². The minimum absolute atomic E-state index is 0.0387. The van der Waals surface area contributed by atoms with Crippen LogP contribution in [0.1, 0.15) is 49.5 Å². The average Bonchev–Trinajstić information content (AvgIpc) is 2.69. The molecule has 1 aromatic heterocycles. The molecule has 2 aliphatic heterocycles. The van der Waals surface area contributed by atoms with Crippen molar-refractivity contribution in [3.05, 3.63) is 17.8 Å². The summed E-state index contributed by atoms with van der Waals surface area (Å²) in [5.74, 6) is 0.626. The Morgan fingerprint density at radius 2 is 1.85 bits per heavy atom. The van der Waals surface area contributed by atoms with Crippen LogP contribution < -0.4 is 10.2 Å². The molecule has 26 heavy (non-hydrogen) atoms. The van der Waals surface area contributed by atoms with Gasteiger partial charge >= 0.3 is 6.09 Å². The third-order valence-electron chi connectivity index (χ3n) is 4.92. The molecule has 0 saturated carbocycles. The highest BCUT2D eigenvalue weighted by Crippen LogP contribution is 2.17. The zero-order chi connectivity index (χ0) is 18.4. The lowest BCUT2D eigenvalue weighted by molar-refractivity contribution is 0.0856. The summed E-state index contributed by atoms with van der Waals surface area (Å²) >= 11 is 0. The number of likely N-dealkylation sites (tertiary alicyclic amines) is 1. The van der Waals surface area contributed by atoms with E-state index in [1.807, 2.05) is 6.07 Å². The van der Waals surface area contributed by atoms with Gasteiger partial charge in [0.1, 0.15) is 0 Å². The second kappa shape index (κ2) is 8.82. The van der Waals surface area contributed by atoms with Gasteiger partial charge in [0, 0.05) is 32.2 Å². The van der Waals surface area contributed by atoms with Gasteiger partial charge in [-0.15, -0.1) is 10.2 Å². The standard InChI is InChI=1S/C18H27N5O3/c1-2-26-18(25)23-12-8-14(9-13-23)19-17(24)15-6-7-16(21-20-15)22-10-4-3-5-11-22/h6-7,14H,2-5,8-13H2,1H3,(H,19,24). The molecule has 0 radical (unpaired) electrons. The minimum Gasteiger partial charge on any atom is -0.450 e. The first-order valence-corrected chi connectivity index (χ1v) is 9.48. The van der Waals surface area contributed by atoms with Gasteiger partial charge in [0.25, 0.3) is 5.91 Å². The molecule has 0 spiro atoms. The molecule has 2 aliphatic rings. The predicted octanol–water partition coefficient (Wildman–Crippen LogP) is 1.82. The number of nitrogens with zero attached hydrogens (tertiary/aromatic N) is 4. The fraction of sp³-hybridized carbons (Fsp3) is 0.667. The van der Waals surface area contributed by atoms with Crippen molar-refractivity contribution in [1.29, 1.82) is 0 Å². The number of anilines is 1. The number of hydrogen-bond donors (Lipinski definition) is 1. The Bertz CT molecular complexity index is 608. The van der Waals surface area contributed by atoms with Crippen LogP contribution in [0.15, 0.2) is 12.1 Å². The highest BCUT2D eigenvalue weighted by molar-refractivity contribution is 5.92. The molecule has 0 atom stereocenters. The lowest BCUT2D eigenvalue weighted by atomic mass is 10.1. The van der Waals surface area contributed by atoms with Crippen LogP contribution in [0.5, 0.6) is 0 Å². The number of carbonyl (C=O) groups is 2. The van der Waals surface area contributed by atoms with E-state index in [-0.39, 0.29) is 18.0 Å². The summed E-state index contributed by atoms with van der Waals surface area (Å²) in [7, 11) is 0. The summed E-state index contributed by atoms with van der Waals surface area (Å²) < 4.78 is 5.01. The second-order valence-electron chi connectivity index (χ2n) is 6.76. The molecule has 3 rings (SSSR count). The summed E-state index contributed by atoms with van der Waals surface area (Å²) in [6, 6.07) is 3.65. The highest BCUT2D eigenvalue weighted by atomic mass is 16.6. The number of amides is 2. The molecule has 2 saturated heterocycles. The zero-order valence-corrected chi connectivity index (χ0v) is 15.3. The molecule has 8 heteroatoms. The van der Waals surface area contributed by atoms with Crippen LogP contribution in [0.4, 0.5) is 10.6 Å². The Hall–Kier alpha value is -2.38. The van der Waals surface area contributed by atoms with Crippen molar-refractivity contribution in [3.8, 4) is 0 Å². The van der Waals surface area contributed by atoms with E-state index < -0.39 is 0 Å². The first-order valence-electron chi connectivity index (χ1n) is 9.48. The molecular formula is C18H27N5O3. The maximum Gasteiger partial charge on any atom is 0.409 e. The van der Waals surface area contributed by atoms with Crippen LogP contribution in [0.3, 0.4) is 0 Å². The van der Waals surface area contributed by atoms with Crippen molar-refractivity contribution in [1.82, 2.24) is 20.4 Å². The summed E-state index contributed by atoms with van der Waals surface area (Å²) in [4.78, 5) is 28.0. The van der Waals surface area contributed by atoms with E-state index in [9.17, 15) is 9.59 Å². The molecule has 2 amide bonds. The van der Waals surface area contributed by atoms with Gasteiger partial charge in [0.2, 0.25) is 0 Å². The Morgan fingerprint density at radius 1 is 1.12 bits per heavy atom. The van der Waals surface area contributed by atoms with Crippen molar-refractivity contribution in [2.45, 2.75) is 45.1 Å². The first-order chi connectivity index (χ1) is 12.7. The van der Waals surface area contributed by atoms with E-state index in [1.54, 1.807) is 17.9 Å². The second-order valence-corrected chi connectivity index (χ2v) is 6.76. The van der Waals surface area contributed by atoms with Crippen molar-refractivity contribution >= 4 is 17.8 Å². The Balaban J connectivity index is 1.48. The number of nitrogens with one attached hydrogen (secondary N) is 1. The van der Waals surface area contributed by atoms with E-state index in [4.69, 9.17) is 4.74 Å². The van der Waals surface area contributed by atoms with E-state index in [2.05, 4.69) is 20.4 Å². The summed E-state index contributed by atoms with van der Waals surface area (Å²) in [5, 5.41) is 11.3. The van der Waals surface area contributed by atoms with Crippen LogP contribution in [0.25, 0.3) is 0 Å². The van der Waals surface area contributed by atoms with Crippen molar-refractivity contribution in [2.24, 2.45) is 0 Å². The van der Waals surface area contributed by atoms with Gasteiger partial charge in [0.05, 0.1) is 6.61 Å². The fourth-order valence-corrected chi connectivity index (χ4v) is 3.42. The quantitative estimate of drug-likeness (QED) is 0.880. The molecule has 1 N–H and O–H groups in total. The molecule has 2 fully saturated rings. The number of hydrogen-bond acceptors (Lipinski definition) is 6. The maximum atomic E-state index is 12.4. The highest BCUT2D eigenvalue weighted by Gasteiger charge is 2.25. The molecule has 142 valence electrons. The van der Waals surface area contributed by atoms with Crippen molar-refractivity contribution in [3.63, 3.8) is 0 Å². The van der Waals surface area contributed by atoms with Crippen LogP contribution in [-0.4, -0.2) is 65.9 Å². The SMILES string of the molecule is CCOC(=O)N1CCC(NC(=O)c2ccc(N3CCCCC3)nn2)CC1. The Morgan fingerprint density at radius 3 is 2.46 bits per heavy atom. The number of piperidine rings is 2. The first kappa shape index (κ1) is 18.4. The van der Waals surface area contributed by atoms with Crippen LogP contribution in [0, 0.1) is 0 Å². The number of rotatable bonds is 4. The van der Waals surface area contributed by atoms with E-state index in [1.165, 1.54) is 19.3 Å². The van der Waals surface area contributed by atoms with E-state index >= 15 is 0 Å². The van der Waals surface area contributed by atoms with Gasteiger partial charge in [-0.05, 0) is 51.2 Å². The molecule has 0 aromatic carbocycles. The monoisotopic (exact) mass is 361 g/mol. The van der Waals surface area contributed by atoms with E-state index in [0.717, 1.165) is 18.9 Å². The summed E-state index contributed by atoms with van der Waals surface area (Å²) in [6.07, 6.45) is 4.76. The smallest absolute Gasteiger partial charge is 0.409 e. The molecule has 0 bridgehead atoms. The third-order valence-corrected chi connectivity index (χ3v) is 4.92. The normalized spacial score (nSPS) is 18.5. The van der Waals surface area contributed by atoms with Crippen molar-refractivity contribution < 1.29 is 14.3 Å². The molecule has 0 unspecified atom stereocenters. The van der Waals surface area contributed by atoms with Crippen LogP contribution in [-0.2, 0) is 4.74 Å². The molecule has 8 nitrogen and oxygen atoms in total. The largest absolute Gasteiger partial charge is 0.450 e. The summed E-state index contributed by atoms with van der Waals surface area (Å²) in [5.41, 5.74) is 0.332. The van der Waals surface area contributed by atoms with Crippen molar-refractivity contribution in [2.75, 3.05) is 37.7 Å². The van der Waals surface area contributed by atoms with Crippen LogP contribution in [0.2, 0.25) is 0 Å². The van der Waals surface area contributed by atoms with Gasteiger partial charge in [0.15, 0.2) is 11.5 Å². The molecule has 1 aromatic rings. The third kappa shape index (κ3) is 4.62. The minimum atomic E-state index is -0.281. The lowest BCUT2D eigenvalue weighted by Crippen LogP contribution is -2.46. The van der Waals surface area contributed by atoms with E-state index in [0.29, 0.717) is 38.2 Å². The van der Waals surface area contributed by atoms with Gasteiger partial charge in [-0.1, -0.05) is 0 Å².